The molecule has 2 aliphatic carbocycles. The van der Waals surface area contributed by atoms with Crippen molar-refractivity contribution in [1.82, 2.24) is 0 Å². The van der Waals surface area contributed by atoms with Crippen molar-refractivity contribution in [2.45, 2.75) is 63.7 Å². The smallest absolute Gasteiger partial charge is 0.327 e. The van der Waals surface area contributed by atoms with E-state index in [9.17, 15) is 9.18 Å². The molecule has 0 saturated heterocycles. The fourth-order valence-electron chi connectivity index (χ4n) is 4.95. The summed E-state index contributed by atoms with van der Waals surface area (Å²) in [5.41, 5.74) is 1.15. The first-order chi connectivity index (χ1) is 12.5. The number of allylic oxidation sites excluding steroid dienone is 1. The van der Waals surface area contributed by atoms with E-state index >= 15 is 0 Å². The Hall–Kier alpha value is -1.16. The molecule has 2 aliphatic rings. The first kappa shape index (κ1) is 19.6. The number of halogens is 2. The second-order valence-electron chi connectivity index (χ2n) is 8.04. The number of rotatable bonds is 5. The quantitative estimate of drug-likeness (QED) is 0.535. The molecule has 142 valence electrons. The zero-order valence-electron chi connectivity index (χ0n) is 15.2. The predicted molar refractivity (Wildman–Crippen MR) is 106 cm³/mol. The number of benzene rings is 1. The number of hydrogen-bond donors (Lipinski definition) is 1. The van der Waals surface area contributed by atoms with Crippen LogP contribution in [0.2, 0.25) is 0 Å². The Balaban J connectivity index is 1.44. The SMILES string of the molecule is O=C(O)/C=C/C[C@H]1CC[C@H]([C@H]2CC[C@H](c3ccc(Br)c(F)c3)CC2)CC1. The molecule has 0 bridgehead atoms. The molecule has 2 nitrogen and oxygen atoms in total. The third-order valence-corrected chi connectivity index (χ3v) is 7.12. The van der Waals surface area contributed by atoms with Crippen LogP contribution >= 0.6 is 15.9 Å². The number of carboxylic acid groups (broad SMARTS) is 1. The van der Waals surface area contributed by atoms with Crippen LogP contribution < -0.4 is 0 Å². The molecule has 0 atom stereocenters. The molecule has 0 heterocycles. The van der Waals surface area contributed by atoms with Crippen LogP contribution in [-0.4, -0.2) is 11.1 Å². The lowest BCUT2D eigenvalue weighted by Gasteiger charge is -2.38. The highest BCUT2D eigenvalue weighted by atomic mass is 79.9. The minimum Gasteiger partial charge on any atom is -0.478 e. The fraction of sp³-hybridized carbons (Fsp3) is 0.591. The Labute approximate surface area is 164 Å². The highest BCUT2D eigenvalue weighted by Crippen LogP contribution is 2.44. The zero-order chi connectivity index (χ0) is 18.5. The third kappa shape index (κ3) is 5.18. The van der Waals surface area contributed by atoms with Crippen LogP contribution in [0.25, 0.3) is 0 Å². The van der Waals surface area contributed by atoms with E-state index in [0.717, 1.165) is 23.8 Å². The van der Waals surface area contributed by atoms with E-state index in [0.29, 0.717) is 16.3 Å². The third-order valence-electron chi connectivity index (χ3n) is 6.47. The predicted octanol–water partition coefficient (Wildman–Crippen LogP) is 6.70. The molecule has 0 amide bonds. The standard InChI is InChI=1S/C22H28BrFO2/c23-20-13-12-19(14-21(20)24)18-10-8-17(9-11-18)16-6-4-15(5-7-16)2-1-3-22(25)26/h1,3,12-18H,2,4-11H2,(H,25,26)/b3-1+/t15-,16-,17-,18-. The van der Waals surface area contributed by atoms with Gasteiger partial charge in [0.05, 0.1) is 4.47 Å². The van der Waals surface area contributed by atoms with Gasteiger partial charge in [-0.2, -0.15) is 0 Å². The summed E-state index contributed by atoms with van der Waals surface area (Å²) in [4.78, 5) is 10.6. The van der Waals surface area contributed by atoms with Gasteiger partial charge in [0.2, 0.25) is 0 Å². The lowest BCUT2D eigenvalue weighted by atomic mass is 9.68. The molecule has 0 aliphatic heterocycles. The Morgan fingerprint density at radius 2 is 1.69 bits per heavy atom. The average Bonchev–Trinajstić information content (AvgIpc) is 2.64. The first-order valence-electron chi connectivity index (χ1n) is 9.87. The van der Waals surface area contributed by atoms with Crippen LogP contribution in [0.1, 0.15) is 69.3 Å². The molecule has 0 unspecified atom stereocenters. The van der Waals surface area contributed by atoms with E-state index in [-0.39, 0.29) is 5.82 Å². The number of carbonyl (C=O) groups is 1. The Morgan fingerprint density at radius 3 is 2.27 bits per heavy atom. The summed E-state index contributed by atoms with van der Waals surface area (Å²) >= 11 is 3.23. The molecule has 0 radical (unpaired) electrons. The van der Waals surface area contributed by atoms with Crippen molar-refractivity contribution >= 4 is 21.9 Å². The Bertz CT molecular complexity index is 642. The molecular formula is C22H28BrFO2. The van der Waals surface area contributed by atoms with Gasteiger partial charge in [-0.05, 0) is 115 Å². The van der Waals surface area contributed by atoms with E-state index in [1.165, 1.54) is 57.4 Å². The summed E-state index contributed by atoms with van der Waals surface area (Å²) in [6.07, 6.45) is 13.9. The number of hydrogen-bond acceptors (Lipinski definition) is 1. The lowest BCUT2D eigenvalue weighted by molar-refractivity contribution is -0.131. The van der Waals surface area contributed by atoms with Gasteiger partial charge in [-0.15, -0.1) is 0 Å². The second-order valence-corrected chi connectivity index (χ2v) is 8.90. The number of carboxylic acids is 1. The van der Waals surface area contributed by atoms with E-state index in [1.54, 1.807) is 6.07 Å². The van der Waals surface area contributed by atoms with E-state index in [2.05, 4.69) is 22.0 Å². The summed E-state index contributed by atoms with van der Waals surface area (Å²) in [7, 11) is 0. The second kappa shape index (κ2) is 9.16. The van der Waals surface area contributed by atoms with Gasteiger partial charge in [0.15, 0.2) is 0 Å². The molecule has 1 N–H and O–H groups in total. The summed E-state index contributed by atoms with van der Waals surface area (Å²) in [5.74, 6) is 1.82. The van der Waals surface area contributed by atoms with Crippen molar-refractivity contribution in [2.75, 3.05) is 0 Å². The van der Waals surface area contributed by atoms with Gasteiger partial charge in [-0.3, -0.25) is 0 Å². The molecule has 0 aromatic heterocycles. The van der Waals surface area contributed by atoms with Crippen LogP contribution in [-0.2, 0) is 4.79 Å². The lowest BCUT2D eigenvalue weighted by Crippen LogP contribution is -2.25. The van der Waals surface area contributed by atoms with Gasteiger partial charge >= 0.3 is 5.97 Å². The summed E-state index contributed by atoms with van der Waals surface area (Å²) in [5, 5.41) is 8.68. The van der Waals surface area contributed by atoms with Crippen LogP contribution in [0.4, 0.5) is 4.39 Å². The maximum Gasteiger partial charge on any atom is 0.327 e. The van der Waals surface area contributed by atoms with Crippen molar-refractivity contribution in [3.8, 4) is 0 Å². The van der Waals surface area contributed by atoms with Crippen LogP contribution in [0.3, 0.4) is 0 Å². The largest absolute Gasteiger partial charge is 0.478 e. The van der Waals surface area contributed by atoms with Crippen molar-refractivity contribution in [2.24, 2.45) is 17.8 Å². The van der Waals surface area contributed by atoms with Crippen LogP contribution in [0.5, 0.6) is 0 Å². The van der Waals surface area contributed by atoms with Gasteiger partial charge in [0.1, 0.15) is 5.82 Å². The molecule has 2 fully saturated rings. The van der Waals surface area contributed by atoms with Gasteiger partial charge in [0.25, 0.3) is 0 Å². The first-order valence-corrected chi connectivity index (χ1v) is 10.7. The molecule has 3 rings (SSSR count). The van der Waals surface area contributed by atoms with Crippen LogP contribution in [0.15, 0.2) is 34.8 Å². The van der Waals surface area contributed by atoms with Gasteiger partial charge in [0, 0.05) is 6.08 Å². The van der Waals surface area contributed by atoms with Crippen molar-refractivity contribution < 1.29 is 14.3 Å². The maximum absolute atomic E-state index is 13.8. The Morgan fingerprint density at radius 1 is 1.08 bits per heavy atom. The number of aliphatic carboxylic acids is 1. The topological polar surface area (TPSA) is 37.3 Å². The minimum atomic E-state index is -0.846. The molecule has 1 aromatic carbocycles. The molecule has 0 spiro atoms. The summed E-state index contributed by atoms with van der Waals surface area (Å²) in [6, 6.07) is 5.59. The minimum absolute atomic E-state index is 0.153. The van der Waals surface area contributed by atoms with Crippen LogP contribution in [0, 0.1) is 23.6 Å². The normalized spacial score (nSPS) is 29.8. The van der Waals surface area contributed by atoms with Crippen molar-refractivity contribution in [1.29, 1.82) is 0 Å². The van der Waals surface area contributed by atoms with Gasteiger partial charge < -0.3 is 5.11 Å². The van der Waals surface area contributed by atoms with E-state index in [1.807, 2.05) is 12.1 Å². The Kier molecular flexibility index (Phi) is 6.91. The van der Waals surface area contributed by atoms with Gasteiger partial charge in [-0.1, -0.05) is 12.1 Å². The van der Waals surface area contributed by atoms with E-state index in [4.69, 9.17) is 5.11 Å². The average molecular weight is 423 g/mol. The molecular weight excluding hydrogens is 395 g/mol. The highest BCUT2D eigenvalue weighted by molar-refractivity contribution is 9.10. The zero-order valence-corrected chi connectivity index (χ0v) is 16.8. The van der Waals surface area contributed by atoms with Crippen molar-refractivity contribution in [3.63, 3.8) is 0 Å². The monoisotopic (exact) mass is 422 g/mol. The molecule has 2 saturated carbocycles. The van der Waals surface area contributed by atoms with Gasteiger partial charge in [-0.25, -0.2) is 9.18 Å². The van der Waals surface area contributed by atoms with E-state index < -0.39 is 5.97 Å². The fourth-order valence-corrected chi connectivity index (χ4v) is 5.19. The molecule has 1 aromatic rings. The summed E-state index contributed by atoms with van der Waals surface area (Å²) in [6.45, 7) is 0. The molecule has 4 heteroatoms. The highest BCUT2D eigenvalue weighted by Gasteiger charge is 2.31. The summed E-state index contributed by atoms with van der Waals surface area (Å²) < 4.78 is 14.3. The van der Waals surface area contributed by atoms with Crippen molar-refractivity contribution in [3.05, 3.63) is 46.2 Å². The molecule has 26 heavy (non-hydrogen) atoms. The maximum atomic E-state index is 13.8.